The van der Waals surface area contributed by atoms with E-state index in [0.29, 0.717) is 21.4 Å². The molecule has 0 aliphatic rings. The topological polar surface area (TPSA) is 49.3 Å². The number of carboxylic acids is 1. The van der Waals surface area contributed by atoms with E-state index in [9.17, 15) is 9.90 Å². The number of benzene rings is 2. The predicted molar refractivity (Wildman–Crippen MR) is 77.9 cm³/mol. The first-order valence-corrected chi connectivity index (χ1v) is 6.29. The second kappa shape index (κ2) is 5.51. The number of para-hydroxylation sites is 1. The molecule has 5 heteroatoms. The van der Waals surface area contributed by atoms with Crippen molar-refractivity contribution in [1.29, 1.82) is 0 Å². The van der Waals surface area contributed by atoms with Crippen LogP contribution < -0.4 is 5.32 Å². The summed E-state index contributed by atoms with van der Waals surface area (Å²) in [4.78, 5) is 11.2. The third-order valence-electron chi connectivity index (χ3n) is 2.63. The van der Waals surface area contributed by atoms with Gasteiger partial charge in [-0.2, -0.15) is 0 Å². The molecule has 0 radical (unpaired) electrons. The molecule has 0 saturated heterocycles. The van der Waals surface area contributed by atoms with E-state index in [2.05, 4.69) is 5.32 Å². The monoisotopic (exact) mass is 295 g/mol. The lowest BCUT2D eigenvalue weighted by molar-refractivity contribution is 0.0698. The van der Waals surface area contributed by atoms with Crippen LogP contribution in [0.4, 0.5) is 11.4 Å². The van der Waals surface area contributed by atoms with Crippen molar-refractivity contribution in [3.05, 3.63) is 57.6 Å². The first-order chi connectivity index (χ1) is 8.99. The van der Waals surface area contributed by atoms with E-state index in [0.717, 1.165) is 5.56 Å². The summed E-state index contributed by atoms with van der Waals surface area (Å²) in [5.41, 5.74) is 1.99. The Morgan fingerprint density at radius 2 is 1.79 bits per heavy atom. The zero-order chi connectivity index (χ0) is 14.0. The average molecular weight is 296 g/mol. The van der Waals surface area contributed by atoms with Crippen LogP contribution in [0.25, 0.3) is 0 Å². The highest BCUT2D eigenvalue weighted by atomic mass is 35.5. The molecular weight excluding hydrogens is 285 g/mol. The van der Waals surface area contributed by atoms with Crippen LogP contribution in [0.3, 0.4) is 0 Å². The van der Waals surface area contributed by atoms with Crippen molar-refractivity contribution in [2.75, 3.05) is 5.32 Å². The molecule has 2 aromatic carbocycles. The van der Waals surface area contributed by atoms with Gasteiger partial charge in [-0.1, -0.05) is 40.9 Å². The number of halogens is 2. The molecule has 19 heavy (non-hydrogen) atoms. The normalized spacial score (nSPS) is 10.3. The summed E-state index contributed by atoms with van der Waals surface area (Å²) in [7, 11) is 0. The highest BCUT2D eigenvalue weighted by Gasteiger charge is 2.13. The van der Waals surface area contributed by atoms with Gasteiger partial charge in [0.15, 0.2) is 0 Å². The third kappa shape index (κ3) is 3.00. The Morgan fingerprint density at radius 1 is 1.16 bits per heavy atom. The zero-order valence-electron chi connectivity index (χ0n) is 10.1. The molecule has 0 atom stereocenters. The lowest BCUT2D eigenvalue weighted by Crippen LogP contribution is -2.03. The number of carbonyl (C=O) groups is 1. The standard InChI is InChI=1S/C14H11Cl2NO2/c1-8-5-6-12(9(7-8)14(18)19)17-13-10(15)3-2-4-11(13)16/h2-7,17H,1H3,(H,18,19). The smallest absolute Gasteiger partial charge is 0.337 e. The fourth-order valence-electron chi connectivity index (χ4n) is 1.70. The van der Waals surface area contributed by atoms with E-state index in [-0.39, 0.29) is 5.56 Å². The summed E-state index contributed by atoms with van der Waals surface area (Å²) < 4.78 is 0. The van der Waals surface area contributed by atoms with E-state index in [1.165, 1.54) is 0 Å². The zero-order valence-corrected chi connectivity index (χ0v) is 11.6. The summed E-state index contributed by atoms with van der Waals surface area (Å²) in [6, 6.07) is 10.2. The van der Waals surface area contributed by atoms with E-state index in [1.54, 1.807) is 30.3 Å². The van der Waals surface area contributed by atoms with E-state index < -0.39 is 5.97 Å². The van der Waals surface area contributed by atoms with Crippen LogP contribution in [0.2, 0.25) is 10.0 Å². The fourth-order valence-corrected chi connectivity index (χ4v) is 2.19. The number of hydrogen-bond donors (Lipinski definition) is 2. The van der Waals surface area contributed by atoms with Crippen molar-refractivity contribution >= 4 is 40.5 Å². The van der Waals surface area contributed by atoms with Gasteiger partial charge in [0.1, 0.15) is 0 Å². The van der Waals surface area contributed by atoms with Crippen LogP contribution in [-0.4, -0.2) is 11.1 Å². The number of hydrogen-bond acceptors (Lipinski definition) is 2. The first kappa shape index (κ1) is 13.7. The Kier molecular flexibility index (Phi) is 3.98. The number of carboxylic acid groups (broad SMARTS) is 1. The van der Waals surface area contributed by atoms with Crippen LogP contribution in [0, 0.1) is 6.92 Å². The molecule has 2 aromatic rings. The van der Waals surface area contributed by atoms with Gasteiger partial charge >= 0.3 is 5.97 Å². The Hall–Kier alpha value is -1.71. The molecular formula is C14H11Cl2NO2. The number of aryl methyl sites for hydroxylation is 1. The number of nitrogens with one attached hydrogen (secondary N) is 1. The fraction of sp³-hybridized carbons (Fsp3) is 0.0714. The SMILES string of the molecule is Cc1ccc(Nc2c(Cl)cccc2Cl)c(C(=O)O)c1. The summed E-state index contributed by atoms with van der Waals surface area (Å²) in [6.45, 7) is 1.83. The summed E-state index contributed by atoms with van der Waals surface area (Å²) in [5, 5.41) is 13.0. The minimum absolute atomic E-state index is 0.177. The van der Waals surface area contributed by atoms with Crippen LogP contribution in [-0.2, 0) is 0 Å². The van der Waals surface area contributed by atoms with Crippen molar-refractivity contribution in [1.82, 2.24) is 0 Å². The van der Waals surface area contributed by atoms with Crippen molar-refractivity contribution in [3.63, 3.8) is 0 Å². The van der Waals surface area contributed by atoms with Crippen LogP contribution in [0.15, 0.2) is 36.4 Å². The molecule has 0 aromatic heterocycles. The molecule has 0 heterocycles. The van der Waals surface area contributed by atoms with E-state index in [1.807, 2.05) is 13.0 Å². The first-order valence-electron chi connectivity index (χ1n) is 5.54. The van der Waals surface area contributed by atoms with Crippen molar-refractivity contribution in [3.8, 4) is 0 Å². The van der Waals surface area contributed by atoms with Gasteiger partial charge in [0.25, 0.3) is 0 Å². The Bertz CT molecular complexity index is 621. The van der Waals surface area contributed by atoms with Crippen molar-refractivity contribution < 1.29 is 9.90 Å². The molecule has 0 fully saturated rings. The predicted octanol–water partition coefficient (Wildman–Crippen LogP) is 4.74. The molecule has 0 amide bonds. The summed E-state index contributed by atoms with van der Waals surface area (Å²) in [6.07, 6.45) is 0. The Morgan fingerprint density at radius 3 is 2.37 bits per heavy atom. The number of anilines is 2. The highest BCUT2D eigenvalue weighted by molar-refractivity contribution is 6.39. The molecule has 0 unspecified atom stereocenters. The van der Waals surface area contributed by atoms with Gasteiger partial charge < -0.3 is 10.4 Å². The van der Waals surface area contributed by atoms with Crippen molar-refractivity contribution in [2.24, 2.45) is 0 Å². The molecule has 3 nitrogen and oxygen atoms in total. The number of aromatic carboxylic acids is 1. The summed E-state index contributed by atoms with van der Waals surface area (Å²) in [5.74, 6) is -1.01. The molecule has 98 valence electrons. The maximum Gasteiger partial charge on any atom is 0.337 e. The minimum atomic E-state index is -1.01. The van der Waals surface area contributed by atoms with Gasteiger partial charge in [-0.25, -0.2) is 4.79 Å². The molecule has 0 aliphatic carbocycles. The summed E-state index contributed by atoms with van der Waals surface area (Å²) >= 11 is 12.1. The van der Waals surface area contributed by atoms with Gasteiger partial charge in [0.05, 0.1) is 27.0 Å². The molecule has 0 bridgehead atoms. The molecule has 0 saturated carbocycles. The average Bonchev–Trinajstić information content (AvgIpc) is 2.35. The Labute approximate surface area is 120 Å². The largest absolute Gasteiger partial charge is 0.478 e. The van der Waals surface area contributed by atoms with Gasteiger partial charge in [-0.15, -0.1) is 0 Å². The lowest BCUT2D eigenvalue weighted by atomic mass is 10.1. The van der Waals surface area contributed by atoms with Crippen LogP contribution >= 0.6 is 23.2 Å². The quantitative estimate of drug-likeness (QED) is 0.859. The highest BCUT2D eigenvalue weighted by Crippen LogP contribution is 2.33. The van der Waals surface area contributed by atoms with Gasteiger partial charge in [0, 0.05) is 0 Å². The van der Waals surface area contributed by atoms with E-state index >= 15 is 0 Å². The number of rotatable bonds is 3. The van der Waals surface area contributed by atoms with Crippen LogP contribution in [0.1, 0.15) is 15.9 Å². The maximum absolute atomic E-state index is 11.2. The van der Waals surface area contributed by atoms with Crippen molar-refractivity contribution in [2.45, 2.75) is 6.92 Å². The lowest BCUT2D eigenvalue weighted by Gasteiger charge is -2.13. The van der Waals surface area contributed by atoms with E-state index in [4.69, 9.17) is 23.2 Å². The molecule has 2 N–H and O–H groups in total. The van der Waals surface area contributed by atoms with Gasteiger partial charge in [-0.05, 0) is 31.2 Å². The second-order valence-electron chi connectivity index (χ2n) is 4.08. The van der Waals surface area contributed by atoms with Gasteiger partial charge in [0.2, 0.25) is 0 Å². The maximum atomic E-state index is 11.2. The molecule has 0 aliphatic heterocycles. The second-order valence-corrected chi connectivity index (χ2v) is 4.89. The molecule has 0 spiro atoms. The van der Waals surface area contributed by atoms with Crippen LogP contribution in [0.5, 0.6) is 0 Å². The van der Waals surface area contributed by atoms with Gasteiger partial charge in [-0.3, -0.25) is 0 Å². The third-order valence-corrected chi connectivity index (χ3v) is 3.26. The molecule has 2 rings (SSSR count). The minimum Gasteiger partial charge on any atom is -0.478 e. The Balaban J connectivity index is 2.47.